The largest absolute Gasteiger partial charge is 0.383 e. The number of benzene rings is 3. The van der Waals surface area contributed by atoms with Crippen molar-refractivity contribution in [3.05, 3.63) is 80.4 Å². The normalized spacial score (nSPS) is 14.1. The molecule has 206 valence electrons. The first-order valence-corrected chi connectivity index (χ1v) is 14.5. The van der Waals surface area contributed by atoms with Gasteiger partial charge >= 0.3 is 11.7 Å². The number of nitrogens with one attached hydrogen (secondary N) is 3. The van der Waals surface area contributed by atoms with Crippen molar-refractivity contribution in [1.82, 2.24) is 15.0 Å². The Morgan fingerprint density at radius 1 is 0.950 bits per heavy atom. The van der Waals surface area contributed by atoms with Crippen LogP contribution in [-0.2, 0) is 42.1 Å². The molecule has 0 atom stereocenters. The number of carbonyl (C=O) groups excluding carboxylic acids is 1. The van der Waals surface area contributed by atoms with Gasteiger partial charge in [0.15, 0.2) is 5.52 Å². The number of carbonyl (C=O) groups is 1. The molecule has 0 bridgehead atoms. The molecule has 2 aliphatic rings. The summed E-state index contributed by atoms with van der Waals surface area (Å²) >= 11 is 0. The van der Waals surface area contributed by atoms with Gasteiger partial charge in [-0.25, -0.2) is 22.6 Å². The fraction of sp³-hybridized carbons (Fsp3) is 0.296. The summed E-state index contributed by atoms with van der Waals surface area (Å²) in [6, 6.07) is 10.6. The molecule has 2 aliphatic carbocycles. The van der Waals surface area contributed by atoms with E-state index in [0.717, 1.165) is 60.9 Å². The second-order valence-corrected chi connectivity index (χ2v) is 11.6. The van der Waals surface area contributed by atoms with Crippen molar-refractivity contribution in [2.24, 2.45) is 0 Å². The zero-order valence-electron chi connectivity index (χ0n) is 21.4. The van der Waals surface area contributed by atoms with E-state index in [1.807, 2.05) is 0 Å². The SMILES string of the molecule is O=C(Nc1c2c(cc3c1CCC3)CCC2)NS(=O)(=O)c1ccc(CCNc2ccc([N+](=O)[O-])c3nonc23)cc1. The molecule has 13 heteroatoms. The van der Waals surface area contributed by atoms with Crippen LogP contribution < -0.4 is 15.4 Å². The van der Waals surface area contributed by atoms with E-state index in [2.05, 4.69) is 36.4 Å². The molecule has 0 saturated heterocycles. The van der Waals surface area contributed by atoms with E-state index in [1.54, 1.807) is 12.1 Å². The summed E-state index contributed by atoms with van der Waals surface area (Å²) < 4.78 is 32.7. The smallest absolute Gasteiger partial charge is 0.333 e. The van der Waals surface area contributed by atoms with E-state index in [1.165, 1.54) is 35.4 Å². The molecule has 3 N–H and O–H groups in total. The van der Waals surface area contributed by atoms with Gasteiger partial charge < -0.3 is 10.6 Å². The highest BCUT2D eigenvalue weighted by Gasteiger charge is 2.26. The Labute approximate surface area is 229 Å². The zero-order chi connectivity index (χ0) is 27.9. The zero-order valence-corrected chi connectivity index (χ0v) is 22.2. The van der Waals surface area contributed by atoms with Gasteiger partial charge in [0.05, 0.1) is 15.5 Å². The van der Waals surface area contributed by atoms with Crippen molar-refractivity contribution in [2.75, 3.05) is 17.2 Å². The lowest BCUT2D eigenvalue weighted by Gasteiger charge is -2.16. The molecule has 4 aromatic rings. The third-order valence-electron chi connectivity index (χ3n) is 7.49. The van der Waals surface area contributed by atoms with Crippen molar-refractivity contribution >= 4 is 44.1 Å². The highest BCUT2D eigenvalue weighted by atomic mass is 32.2. The minimum atomic E-state index is -4.08. The molecule has 12 nitrogen and oxygen atoms in total. The van der Waals surface area contributed by atoms with Crippen LogP contribution in [0, 0.1) is 10.1 Å². The maximum absolute atomic E-state index is 12.9. The highest BCUT2D eigenvalue weighted by molar-refractivity contribution is 7.90. The number of anilines is 2. The molecular formula is C27H26N6O6S. The van der Waals surface area contributed by atoms with E-state index in [4.69, 9.17) is 0 Å². The van der Waals surface area contributed by atoms with Gasteiger partial charge in [-0.1, -0.05) is 18.2 Å². The highest BCUT2D eigenvalue weighted by Crippen LogP contribution is 2.38. The number of nitro benzene ring substituents is 1. The van der Waals surface area contributed by atoms with Crippen molar-refractivity contribution in [3.8, 4) is 0 Å². The van der Waals surface area contributed by atoms with Crippen LogP contribution in [0.1, 0.15) is 40.7 Å². The number of aromatic nitrogens is 2. The summed E-state index contributed by atoms with van der Waals surface area (Å²) in [6.07, 6.45) is 6.32. The summed E-state index contributed by atoms with van der Waals surface area (Å²) in [5.41, 5.74) is 7.03. The van der Waals surface area contributed by atoms with E-state index in [9.17, 15) is 23.3 Å². The summed E-state index contributed by atoms with van der Waals surface area (Å²) in [4.78, 5) is 23.4. The first kappa shape index (κ1) is 25.7. The Bertz CT molecular complexity index is 1720. The fourth-order valence-corrected chi connectivity index (χ4v) is 6.51. The number of sulfonamides is 1. The van der Waals surface area contributed by atoms with E-state index < -0.39 is 21.0 Å². The number of hydrogen-bond acceptors (Lipinski definition) is 9. The maximum atomic E-state index is 12.9. The second-order valence-electron chi connectivity index (χ2n) is 9.97. The van der Waals surface area contributed by atoms with Crippen LogP contribution in [0.15, 0.2) is 52.0 Å². The molecule has 2 amide bonds. The van der Waals surface area contributed by atoms with E-state index in [-0.39, 0.29) is 21.6 Å². The van der Waals surface area contributed by atoms with Gasteiger partial charge in [0, 0.05) is 18.3 Å². The Morgan fingerprint density at radius 3 is 2.30 bits per heavy atom. The topological polar surface area (TPSA) is 169 Å². The van der Waals surface area contributed by atoms with Gasteiger partial charge in [-0.3, -0.25) is 10.1 Å². The van der Waals surface area contributed by atoms with Gasteiger partial charge in [-0.15, -0.1) is 0 Å². The lowest BCUT2D eigenvalue weighted by atomic mass is 9.99. The molecule has 6 rings (SSSR count). The Hall–Kier alpha value is -4.52. The molecule has 0 radical (unpaired) electrons. The summed E-state index contributed by atoms with van der Waals surface area (Å²) in [5.74, 6) is 0. The number of rotatable bonds is 8. The molecule has 0 saturated carbocycles. The van der Waals surface area contributed by atoms with Crippen LogP contribution in [0.2, 0.25) is 0 Å². The van der Waals surface area contributed by atoms with Crippen LogP contribution >= 0.6 is 0 Å². The van der Waals surface area contributed by atoms with Crippen LogP contribution in [0.4, 0.5) is 21.9 Å². The quantitative estimate of drug-likeness (QED) is 0.210. The molecule has 0 unspecified atom stereocenters. The van der Waals surface area contributed by atoms with Crippen LogP contribution in [0.25, 0.3) is 11.0 Å². The Balaban J connectivity index is 1.09. The molecule has 1 heterocycles. The lowest BCUT2D eigenvalue weighted by Crippen LogP contribution is -2.35. The number of amides is 2. The molecule has 40 heavy (non-hydrogen) atoms. The van der Waals surface area contributed by atoms with Gasteiger partial charge in [0.2, 0.25) is 5.52 Å². The standard InChI is InChI=1S/C27H26N6O6S/c34-27(29-24-20-5-1-3-17(20)15-18-4-2-6-21(18)24)32-40(37,38)19-9-7-16(8-10-19)13-14-28-22-11-12-23(33(35)36)26-25(22)30-39-31-26/h7-12,15,28H,1-6,13-14H2,(H2,29,32,34). The molecule has 1 aromatic heterocycles. The van der Waals surface area contributed by atoms with Crippen molar-refractivity contribution in [1.29, 1.82) is 0 Å². The van der Waals surface area contributed by atoms with Crippen LogP contribution in [0.5, 0.6) is 0 Å². The average molecular weight is 563 g/mol. The van der Waals surface area contributed by atoms with E-state index in [0.29, 0.717) is 18.7 Å². The van der Waals surface area contributed by atoms with Crippen LogP contribution in [-0.4, -0.2) is 36.2 Å². The maximum Gasteiger partial charge on any atom is 0.333 e. The number of nitro groups is 1. The van der Waals surface area contributed by atoms with E-state index >= 15 is 0 Å². The fourth-order valence-electron chi connectivity index (χ4n) is 5.61. The molecular weight excluding hydrogens is 536 g/mol. The third kappa shape index (κ3) is 4.83. The van der Waals surface area contributed by atoms with Gasteiger partial charge in [-0.2, -0.15) is 0 Å². The van der Waals surface area contributed by atoms with Crippen molar-refractivity contribution in [2.45, 2.75) is 49.8 Å². The lowest BCUT2D eigenvalue weighted by molar-refractivity contribution is -0.383. The Kier molecular flexibility index (Phi) is 6.58. The number of aryl methyl sites for hydroxylation is 2. The predicted molar refractivity (Wildman–Crippen MR) is 147 cm³/mol. The minimum Gasteiger partial charge on any atom is -0.383 e. The van der Waals surface area contributed by atoms with Crippen LogP contribution in [0.3, 0.4) is 0 Å². The minimum absolute atomic E-state index is 0.0198. The van der Waals surface area contributed by atoms with Crippen molar-refractivity contribution < 1.29 is 22.8 Å². The predicted octanol–water partition coefficient (Wildman–Crippen LogP) is 4.27. The molecule has 0 spiro atoms. The van der Waals surface area contributed by atoms with Crippen molar-refractivity contribution in [3.63, 3.8) is 0 Å². The summed E-state index contributed by atoms with van der Waals surface area (Å²) in [7, 11) is -4.08. The summed E-state index contributed by atoms with van der Waals surface area (Å²) in [5, 5.41) is 24.5. The average Bonchev–Trinajstić information content (AvgIpc) is 3.69. The molecule has 0 aliphatic heterocycles. The second kappa shape index (κ2) is 10.2. The molecule has 3 aromatic carbocycles. The number of non-ortho nitro benzene ring substituents is 1. The van der Waals surface area contributed by atoms with Gasteiger partial charge in [0.1, 0.15) is 0 Å². The summed E-state index contributed by atoms with van der Waals surface area (Å²) in [6.45, 7) is 0.443. The first-order chi connectivity index (χ1) is 19.3. The Morgan fingerprint density at radius 2 is 1.62 bits per heavy atom. The number of fused-ring (bicyclic) bond motifs is 3. The first-order valence-electron chi connectivity index (χ1n) is 13.0. The van der Waals surface area contributed by atoms with Gasteiger partial charge in [-0.05, 0) is 101 Å². The number of nitrogens with zero attached hydrogens (tertiary/aromatic N) is 3. The number of urea groups is 1. The molecule has 0 fully saturated rings. The monoisotopic (exact) mass is 562 g/mol. The third-order valence-corrected chi connectivity index (χ3v) is 8.84. The number of hydrogen-bond donors (Lipinski definition) is 3. The van der Waals surface area contributed by atoms with Gasteiger partial charge in [0.25, 0.3) is 10.0 Å².